The summed E-state index contributed by atoms with van der Waals surface area (Å²) in [4.78, 5) is 11.9. The fraction of sp³-hybridized carbons (Fsp3) is 0.235. The molecule has 0 saturated carbocycles. The van der Waals surface area contributed by atoms with Gasteiger partial charge in [-0.3, -0.25) is 4.79 Å². The van der Waals surface area contributed by atoms with Crippen molar-refractivity contribution < 1.29 is 9.53 Å². The Morgan fingerprint density at radius 2 is 1.95 bits per heavy atom. The van der Waals surface area contributed by atoms with Crippen LogP contribution in [0.25, 0.3) is 0 Å². The number of nitrogens with one attached hydrogen (secondary N) is 1. The number of amides is 1. The zero-order valence-electron chi connectivity index (χ0n) is 12.6. The second-order valence-corrected chi connectivity index (χ2v) is 5.17. The van der Waals surface area contributed by atoms with Gasteiger partial charge in [-0.2, -0.15) is 0 Å². The summed E-state index contributed by atoms with van der Waals surface area (Å²) in [5, 5.41) is 2.76. The van der Waals surface area contributed by atoms with E-state index in [0.717, 1.165) is 22.4 Å². The number of carbonyl (C=O) groups is 1. The molecule has 0 atom stereocenters. The Bertz CT molecular complexity index is 666. The topological polar surface area (TPSA) is 64.3 Å². The van der Waals surface area contributed by atoms with Crippen LogP contribution >= 0.6 is 0 Å². The average molecular weight is 284 g/mol. The SMILES string of the molecule is Cc1cc(C)c(C)c(OCC(=O)Nc2cccc(N)c2)c1. The van der Waals surface area contributed by atoms with Crippen LogP contribution in [0.15, 0.2) is 36.4 Å². The van der Waals surface area contributed by atoms with Crippen LogP contribution in [0, 0.1) is 20.8 Å². The zero-order valence-corrected chi connectivity index (χ0v) is 12.6. The average Bonchev–Trinajstić information content (AvgIpc) is 2.41. The summed E-state index contributed by atoms with van der Waals surface area (Å²) in [6.07, 6.45) is 0. The Kier molecular flexibility index (Phi) is 4.48. The van der Waals surface area contributed by atoms with E-state index in [1.807, 2.05) is 26.8 Å². The summed E-state index contributed by atoms with van der Waals surface area (Å²) in [7, 11) is 0. The van der Waals surface area contributed by atoms with E-state index < -0.39 is 0 Å². The lowest BCUT2D eigenvalue weighted by Gasteiger charge is -2.12. The fourth-order valence-corrected chi connectivity index (χ4v) is 2.11. The van der Waals surface area contributed by atoms with Crippen LogP contribution in [0.4, 0.5) is 11.4 Å². The molecule has 0 spiro atoms. The van der Waals surface area contributed by atoms with Gasteiger partial charge in [-0.25, -0.2) is 0 Å². The molecular weight excluding hydrogens is 264 g/mol. The van der Waals surface area contributed by atoms with E-state index >= 15 is 0 Å². The Labute approximate surface area is 124 Å². The second kappa shape index (κ2) is 6.31. The minimum atomic E-state index is -0.209. The van der Waals surface area contributed by atoms with E-state index in [0.29, 0.717) is 11.4 Å². The molecule has 0 aliphatic carbocycles. The van der Waals surface area contributed by atoms with Gasteiger partial charge < -0.3 is 15.8 Å². The lowest BCUT2D eigenvalue weighted by molar-refractivity contribution is -0.118. The molecule has 110 valence electrons. The molecule has 0 unspecified atom stereocenters. The van der Waals surface area contributed by atoms with Crippen molar-refractivity contribution in [3.8, 4) is 5.75 Å². The predicted octanol–water partition coefficient (Wildman–Crippen LogP) is 3.21. The van der Waals surface area contributed by atoms with Gasteiger partial charge in [-0.05, 0) is 61.7 Å². The number of carbonyl (C=O) groups excluding carboxylic acids is 1. The molecule has 21 heavy (non-hydrogen) atoms. The van der Waals surface area contributed by atoms with E-state index in [1.165, 1.54) is 0 Å². The Hall–Kier alpha value is -2.49. The molecule has 3 N–H and O–H groups in total. The molecule has 2 aromatic carbocycles. The standard InChI is InChI=1S/C17H20N2O2/c1-11-7-12(2)13(3)16(8-11)21-10-17(20)19-15-6-4-5-14(18)9-15/h4-9H,10,18H2,1-3H3,(H,19,20). The number of anilines is 2. The lowest BCUT2D eigenvalue weighted by atomic mass is 10.1. The first-order valence-corrected chi connectivity index (χ1v) is 6.82. The summed E-state index contributed by atoms with van der Waals surface area (Å²) >= 11 is 0. The molecule has 0 bridgehead atoms. The van der Waals surface area contributed by atoms with Gasteiger partial charge in [0.05, 0.1) is 0 Å². The summed E-state index contributed by atoms with van der Waals surface area (Å²) in [5.41, 5.74) is 10.3. The maximum absolute atomic E-state index is 11.9. The van der Waals surface area contributed by atoms with Crippen LogP contribution in [0.5, 0.6) is 5.75 Å². The van der Waals surface area contributed by atoms with Gasteiger partial charge in [0.15, 0.2) is 6.61 Å². The van der Waals surface area contributed by atoms with Crippen LogP contribution in [0.3, 0.4) is 0 Å². The zero-order chi connectivity index (χ0) is 15.4. The van der Waals surface area contributed by atoms with E-state index in [-0.39, 0.29) is 12.5 Å². The molecule has 0 fully saturated rings. The smallest absolute Gasteiger partial charge is 0.262 e. The molecule has 0 saturated heterocycles. The normalized spacial score (nSPS) is 10.2. The third kappa shape index (κ3) is 3.99. The Morgan fingerprint density at radius 1 is 1.19 bits per heavy atom. The van der Waals surface area contributed by atoms with E-state index in [1.54, 1.807) is 24.3 Å². The number of benzene rings is 2. The largest absolute Gasteiger partial charge is 0.483 e. The number of nitrogen functional groups attached to an aromatic ring is 1. The highest BCUT2D eigenvalue weighted by Crippen LogP contribution is 2.23. The van der Waals surface area contributed by atoms with E-state index in [4.69, 9.17) is 10.5 Å². The highest BCUT2D eigenvalue weighted by atomic mass is 16.5. The lowest BCUT2D eigenvalue weighted by Crippen LogP contribution is -2.20. The Balaban J connectivity index is 1.98. The van der Waals surface area contributed by atoms with Gasteiger partial charge in [0.2, 0.25) is 0 Å². The highest BCUT2D eigenvalue weighted by Gasteiger charge is 2.08. The van der Waals surface area contributed by atoms with Crippen molar-refractivity contribution in [3.63, 3.8) is 0 Å². The summed E-state index contributed by atoms with van der Waals surface area (Å²) in [5.74, 6) is 0.536. The first-order valence-electron chi connectivity index (χ1n) is 6.82. The third-order valence-electron chi connectivity index (χ3n) is 3.29. The van der Waals surface area contributed by atoms with E-state index in [9.17, 15) is 4.79 Å². The summed E-state index contributed by atoms with van der Waals surface area (Å²) in [6.45, 7) is 5.99. The van der Waals surface area contributed by atoms with Crippen LogP contribution < -0.4 is 15.8 Å². The van der Waals surface area contributed by atoms with Crippen molar-refractivity contribution >= 4 is 17.3 Å². The molecule has 2 aromatic rings. The van der Waals surface area contributed by atoms with E-state index in [2.05, 4.69) is 11.4 Å². The van der Waals surface area contributed by atoms with Crippen LogP contribution in [0.1, 0.15) is 16.7 Å². The number of nitrogens with two attached hydrogens (primary N) is 1. The van der Waals surface area contributed by atoms with Gasteiger partial charge in [0.25, 0.3) is 5.91 Å². The third-order valence-corrected chi connectivity index (χ3v) is 3.29. The van der Waals surface area contributed by atoms with Gasteiger partial charge >= 0.3 is 0 Å². The molecule has 0 radical (unpaired) electrons. The number of aryl methyl sites for hydroxylation is 2. The van der Waals surface area contributed by atoms with Crippen LogP contribution in [-0.4, -0.2) is 12.5 Å². The number of ether oxygens (including phenoxy) is 1. The fourth-order valence-electron chi connectivity index (χ4n) is 2.11. The van der Waals surface area contributed by atoms with Crippen molar-refractivity contribution in [2.45, 2.75) is 20.8 Å². The van der Waals surface area contributed by atoms with Gasteiger partial charge in [-0.15, -0.1) is 0 Å². The van der Waals surface area contributed by atoms with Crippen molar-refractivity contribution in [2.24, 2.45) is 0 Å². The first kappa shape index (κ1) is 14.9. The summed E-state index contributed by atoms with van der Waals surface area (Å²) < 4.78 is 5.62. The molecule has 0 heterocycles. The number of hydrogen-bond acceptors (Lipinski definition) is 3. The highest BCUT2D eigenvalue weighted by molar-refractivity contribution is 5.92. The Morgan fingerprint density at radius 3 is 2.67 bits per heavy atom. The first-order chi connectivity index (χ1) is 9.95. The molecule has 0 aromatic heterocycles. The maximum Gasteiger partial charge on any atom is 0.262 e. The predicted molar refractivity (Wildman–Crippen MR) is 85.6 cm³/mol. The second-order valence-electron chi connectivity index (χ2n) is 5.17. The molecule has 4 heteroatoms. The quantitative estimate of drug-likeness (QED) is 0.847. The molecule has 2 rings (SSSR count). The molecular formula is C17H20N2O2. The number of rotatable bonds is 4. The van der Waals surface area contributed by atoms with Gasteiger partial charge in [-0.1, -0.05) is 12.1 Å². The van der Waals surface area contributed by atoms with Crippen LogP contribution in [0.2, 0.25) is 0 Å². The minimum absolute atomic E-state index is 0.0292. The number of hydrogen-bond donors (Lipinski definition) is 2. The maximum atomic E-state index is 11.9. The van der Waals surface area contributed by atoms with Crippen LogP contribution in [-0.2, 0) is 4.79 Å². The molecule has 1 amide bonds. The summed E-state index contributed by atoms with van der Waals surface area (Å²) in [6, 6.07) is 11.1. The molecule has 4 nitrogen and oxygen atoms in total. The molecule has 0 aliphatic heterocycles. The van der Waals surface area contributed by atoms with Crippen molar-refractivity contribution in [3.05, 3.63) is 53.1 Å². The van der Waals surface area contributed by atoms with Crippen molar-refractivity contribution in [1.29, 1.82) is 0 Å². The minimum Gasteiger partial charge on any atom is -0.483 e. The monoisotopic (exact) mass is 284 g/mol. The van der Waals surface area contributed by atoms with Crippen molar-refractivity contribution in [1.82, 2.24) is 0 Å². The van der Waals surface area contributed by atoms with Gasteiger partial charge in [0, 0.05) is 11.4 Å². The van der Waals surface area contributed by atoms with Crippen molar-refractivity contribution in [2.75, 3.05) is 17.7 Å². The molecule has 0 aliphatic rings. The van der Waals surface area contributed by atoms with Gasteiger partial charge in [0.1, 0.15) is 5.75 Å².